The zero-order chi connectivity index (χ0) is 22.1. The number of carbonyl (C=O) groups excluding carboxylic acids is 1. The van der Waals surface area contributed by atoms with Crippen molar-refractivity contribution in [1.82, 2.24) is 24.6 Å². The van der Waals surface area contributed by atoms with Gasteiger partial charge in [-0.1, -0.05) is 35.4 Å². The van der Waals surface area contributed by atoms with Crippen molar-refractivity contribution in [2.24, 2.45) is 0 Å². The van der Waals surface area contributed by atoms with Crippen LogP contribution in [0.3, 0.4) is 0 Å². The number of benzene rings is 2. The summed E-state index contributed by atoms with van der Waals surface area (Å²) in [5, 5.41) is 5.72. The van der Waals surface area contributed by atoms with Gasteiger partial charge in [-0.25, -0.2) is 9.97 Å². The van der Waals surface area contributed by atoms with Crippen molar-refractivity contribution in [3.05, 3.63) is 76.2 Å². The molecule has 158 valence electrons. The van der Waals surface area contributed by atoms with Crippen LogP contribution in [0.15, 0.2) is 48.7 Å². The maximum atomic E-state index is 13.5. The number of amides is 1. The molecule has 0 saturated heterocycles. The first-order valence-electron chi connectivity index (χ1n) is 10.2. The molecule has 0 aliphatic carbocycles. The Balaban J connectivity index is 1.77. The molecule has 0 aliphatic heterocycles. The zero-order valence-electron chi connectivity index (χ0n) is 18.1. The van der Waals surface area contributed by atoms with Gasteiger partial charge in [0.1, 0.15) is 5.69 Å². The van der Waals surface area contributed by atoms with Crippen LogP contribution in [0.2, 0.25) is 5.02 Å². The fourth-order valence-electron chi connectivity index (χ4n) is 3.63. The molecule has 2 aromatic heterocycles. The third kappa shape index (κ3) is 4.16. The lowest BCUT2D eigenvalue weighted by atomic mass is 10.1. The number of nitrogens with zero attached hydrogens (tertiary/aromatic N) is 5. The van der Waals surface area contributed by atoms with Gasteiger partial charge in [0, 0.05) is 47.4 Å². The van der Waals surface area contributed by atoms with Gasteiger partial charge in [0.25, 0.3) is 5.91 Å². The van der Waals surface area contributed by atoms with E-state index in [-0.39, 0.29) is 5.91 Å². The summed E-state index contributed by atoms with van der Waals surface area (Å²) in [6.07, 6.45) is 1.82. The predicted molar refractivity (Wildman–Crippen MR) is 123 cm³/mol. The van der Waals surface area contributed by atoms with Crippen molar-refractivity contribution >= 4 is 28.4 Å². The van der Waals surface area contributed by atoms with Crippen molar-refractivity contribution < 1.29 is 4.79 Å². The Kier molecular flexibility index (Phi) is 5.74. The number of fused-ring (bicyclic) bond motifs is 1. The van der Waals surface area contributed by atoms with Crippen molar-refractivity contribution in [2.45, 2.75) is 33.9 Å². The number of hydrogen-bond acceptors (Lipinski definition) is 4. The maximum Gasteiger partial charge on any atom is 0.273 e. The highest BCUT2D eigenvalue weighted by Crippen LogP contribution is 2.25. The van der Waals surface area contributed by atoms with Gasteiger partial charge in [0.05, 0.1) is 11.7 Å². The molecule has 0 aliphatic rings. The molecule has 0 N–H and O–H groups in total. The minimum atomic E-state index is -0.162. The van der Waals surface area contributed by atoms with Crippen LogP contribution >= 0.6 is 11.6 Å². The Labute approximate surface area is 186 Å². The van der Waals surface area contributed by atoms with E-state index in [1.54, 1.807) is 24.1 Å². The van der Waals surface area contributed by atoms with Crippen LogP contribution < -0.4 is 0 Å². The normalized spacial score (nSPS) is 11.1. The first-order chi connectivity index (χ1) is 14.9. The van der Waals surface area contributed by atoms with E-state index in [1.165, 1.54) is 0 Å². The Hall–Kier alpha value is -3.25. The molecule has 31 heavy (non-hydrogen) atoms. The first-order valence-corrected chi connectivity index (χ1v) is 10.6. The third-order valence-electron chi connectivity index (χ3n) is 5.40. The molecule has 7 heteroatoms. The van der Waals surface area contributed by atoms with Crippen LogP contribution in [-0.2, 0) is 13.1 Å². The van der Waals surface area contributed by atoms with E-state index < -0.39 is 0 Å². The van der Waals surface area contributed by atoms with Crippen LogP contribution in [0.25, 0.3) is 22.3 Å². The Morgan fingerprint density at radius 2 is 1.94 bits per heavy atom. The first kappa shape index (κ1) is 21.0. The van der Waals surface area contributed by atoms with E-state index in [0.29, 0.717) is 23.1 Å². The van der Waals surface area contributed by atoms with E-state index in [2.05, 4.69) is 15.1 Å². The monoisotopic (exact) mass is 433 g/mol. The van der Waals surface area contributed by atoms with Crippen LogP contribution in [0.1, 0.15) is 34.2 Å². The average Bonchev–Trinajstić information content (AvgIpc) is 3.11. The highest BCUT2D eigenvalue weighted by Gasteiger charge is 2.21. The molecule has 0 radical (unpaired) electrons. The summed E-state index contributed by atoms with van der Waals surface area (Å²) >= 11 is 6.17. The molecular formula is C24H24ClN5O. The van der Waals surface area contributed by atoms with E-state index in [1.807, 2.05) is 62.0 Å². The minimum Gasteiger partial charge on any atom is -0.336 e. The molecule has 6 nitrogen and oxygen atoms in total. The van der Waals surface area contributed by atoms with Gasteiger partial charge < -0.3 is 4.90 Å². The summed E-state index contributed by atoms with van der Waals surface area (Å²) in [4.78, 5) is 24.5. The molecule has 0 unspecified atom stereocenters. The molecule has 2 heterocycles. The standard InChI is InChI=1S/C24H24ClN5O/c1-5-30-16(3)18(13-26-30)14-29(4)24(31)22-20-11-15(2)9-10-21(20)27-23(28-22)17-7-6-8-19(25)12-17/h6-13H,5,14H2,1-4H3. The number of carbonyl (C=O) groups is 1. The summed E-state index contributed by atoms with van der Waals surface area (Å²) < 4.78 is 1.92. The third-order valence-corrected chi connectivity index (χ3v) is 5.63. The molecule has 0 atom stereocenters. The van der Waals surface area contributed by atoms with Gasteiger partial charge in [-0.3, -0.25) is 9.48 Å². The Bertz CT molecular complexity index is 1280. The molecule has 0 spiro atoms. The molecular weight excluding hydrogens is 410 g/mol. The van der Waals surface area contributed by atoms with Crippen molar-refractivity contribution in [2.75, 3.05) is 7.05 Å². The van der Waals surface area contributed by atoms with Gasteiger partial charge in [0.2, 0.25) is 0 Å². The molecule has 0 saturated carbocycles. The number of halogens is 1. The van der Waals surface area contributed by atoms with Gasteiger partial charge in [-0.2, -0.15) is 5.10 Å². The summed E-state index contributed by atoms with van der Waals surface area (Å²) in [6.45, 7) is 7.30. The van der Waals surface area contributed by atoms with Gasteiger partial charge >= 0.3 is 0 Å². The summed E-state index contributed by atoms with van der Waals surface area (Å²) in [6, 6.07) is 13.2. The van der Waals surface area contributed by atoms with Gasteiger partial charge in [-0.15, -0.1) is 0 Å². The summed E-state index contributed by atoms with van der Waals surface area (Å²) in [7, 11) is 1.79. The largest absolute Gasteiger partial charge is 0.336 e. The van der Waals surface area contributed by atoms with Gasteiger partial charge in [0.15, 0.2) is 5.82 Å². The number of rotatable bonds is 5. The lowest BCUT2D eigenvalue weighted by Crippen LogP contribution is -2.27. The highest BCUT2D eigenvalue weighted by atomic mass is 35.5. The van der Waals surface area contributed by atoms with Gasteiger partial charge in [-0.05, 0) is 45.0 Å². The number of aryl methyl sites for hydroxylation is 2. The second-order valence-corrected chi connectivity index (χ2v) is 8.10. The fraction of sp³-hybridized carbons (Fsp3) is 0.250. The van der Waals surface area contributed by atoms with Crippen molar-refractivity contribution in [3.63, 3.8) is 0 Å². The quantitative estimate of drug-likeness (QED) is 0.441. The summed E-state index contributed by atoms with van der Waals surface area (Å²) in [5.41, 5.74) is 5.00. The SMILES string of the molecule is CCn1ncc(CN(C)C(=O)c2nc(-c3cccc(Cl)c3)nc3ccc(C)cc23)c1C. The van der Waals surface area contributed by atoms with Crippen LogP contribution in [0.5, 0.6) is 0 Å². The van der Waals surface area contributed by atoms with Crippen LogP contribution in [0.4, 0.5) is 0 Å². The molecule has 2 aromatic carbocycles. The molecule has 0 bridgehead atoms. The molecule has 4 aromatic rings. The molecule has 0 fully saturated rings. The minimum absolute atomic E-state index is 0.162. The van der Waals surface area contributed by atoms with E-state index >= 15 is 0 Å². The Morgan fingerprint density at radius 1 is 1.13 bits per heavy atom. The van der Waals surface area contributed by atoms with E-state index in [0.717, 1.165) is 39.8 Å². The van der Waals surface area contributed by atoms with Crippen molar-refractivity contribution in [3.8, 4) is 11.4 Å². The number of hydrogen-bond donors (Lipinski definition) is 0. The average molecular weight is 434 g/mol. The van der Waals surface area contributed by atoms with E-state index in [4.69, 9.17) is 11.6 Å². The highest BCUT2D eigenvalue weighted by molar-refractivity contribution is 6.30. The predicted octanol–water partition coefficient (Wildman–Crippen LogP) is 5.06. The van der Waals surface area contributed by atoms with Crippen molar-refractivity contribution in [1.29, 1.82) is 0 Å². The number of aromatic nitrogens is 4. The van der Waals surface area contributed by atoms with Crippen LogP contribution in [0, 0.1) is 13.8 Å². The van der Waals surface area contributed by atoms with E-state index in [9.17, 15) is 4.79 Å². The lowest BCUT2D eigenvalue weighted by molar-refractivity contribution is 0.0781. The fourth-order valence-corrected chi connectivity index (χ4v) is 3.82. The maximum absolute atomic E-state index is 13.5. The second kappa shape index (κ2) is 8.47. The Morgan fingerprint density at radius 3 is 2.65 bits per heavy atom. The smallest absolute Gasteiger partial charge is 0.273 e. The molecule has 4 rings (SSSR count). The molecule has 1 amide bonds. The van der Waals surface area contributed by atoms with Crippen LogP contribution in [-0.4, -0.2) is 37.6 Å². The zero-order valence-corrected chi connectivity index (χ0v) is 18.8. The lowest BCUT2D eigenvalue weighted by Gasteiger charge is -2.18. The summed E-state index contributed by atoms with van der Waals surface area (Å²) in [5.74, 6) is 0.315. The topological polar surface area (TPSA) is 63.9 Å². The second-order valence-electron chi connectivity index (χ2n) is 7.66.